The molecule has 0 fully saturated rings. The Kier molecular flexibility index (Phi) is 7.96. The van der Waals surface area contributed by atoms with E-state index >= 15 is 0 Å². The van der Waals surface area contributed by atoms with Gasteiger partial charge in [-0.3, -0.25) is 14.4 Å². The highest BCUT2D eigenvalue weighted by Gasteiger charge is 2.46. The molecule has 49 heavy (non-hydrogen) atoms. The van der Waals surface area contributed by atoms with E-state index in [9.17, 15) is 29.1 Å². The zero-order valence-corrected chi connectivity index (χ0v) is 29.0. The first kappa shape index (κ1) is 32.4. The minimum atomic E-state index is -0.877. The molecule has 252 valence electrons. The van der Waals surface area contributed by atoms with E-state index < -0.39 is 28.9 Å². The van der Waals surface area contributed by atoms with Crippen molar-refractivity contribution in [2.24, 2.45) is 7.05 Å². The summed E-state index contributed by atoms with van der Waals surface area (Å²) in [7, 11) is 6.06. The number of benzene rings is 2. The number of carbonyl (C=O) groups excluding carboxylic acids is 2. The van der Waals surface area contributed by atoms with Crippen LogP contribution in [0.5, 0.6) is 23.0 Å². The van der Waals surface area contributed by atoms with Crippen LogP contribution in [-0.4, -0.2) is 61.5 Å². The van der Waals surface area contributed by atoms with Gasteiger partial charge in [0.05, 0.1) is 48.5 Å². The van der Waals surface area contributed by atoms with Crippen LogP contribution in [0.2, 0.25) is 0 Å². The fourth-order valence-corrected chi connectivity index (χ4v) is 7.62. The summed E-state index contributed by atoms with van der Waals surface area (Å²) in [6, 6.07) is 7.13. The molecule has 2 aromatic carbocycles. The average molecular weight is 780 g/mol. The third-order valence-corrected chi connectivity index (χ3v) is 10.2. The van der Waals surface area contributed by atoms with Gasteiger partial charge in [-0.15, -0.1) is 0 Å². The molecule has 1 N–H and O–H groups in total. The standard InChI is InChI=1S/C34H30IN5O9/c1-37-24-15-28(49-4)27(48-3)14-22(24)36-21(32(37)44)8-9-38-33(45)39-10-7-17-23(40(39)34(38)46)12-19-26(42)13-20(35)31(43)30(19)29(17)18-11-16(47-2)5-6-25(18)41/h5-7,11,13-15,23,29,41H,8-10,12H2,1-4H3. The van der Waals surface area contributed by atoms with Gasteiger partial charge in [-0.05, 0) is 46.4 Å². The second-order valence-corrected chi connectivity index (χ2v) is 13.0. The summed E-state index contributed by atoms with van der Waals surface area (Å²) in [5.74, 6) is -0.402. The molecule has 0 radical (unpaired) electrons. The zero-order chi connectivity index (χ0) is 34.9. The van der Waals surface area contributed by atoms with Gasteiger partial charge >= 0.3 is 11.4 Å². The largest absolute Gasteiger partial charge is 0.508 e. The highest BCUT2D eigenvalue weighted by atomic mass is 127. The maximum Gasteiger partial charge on any atom is 0.347 e. The molecule has 2 atom stereocenters. The molecule has 1 aliphatic heterocycles. The van der Waals surface area contributed by atoms with Crippen LogP contribution in [0.4, 0.5) is 0 Å². The summed E-state index contributed by atoms with van der Waals surface area (Å²) in [5.41, 5.74) is 0.907. The van der Waals surface area contributed by atoms with Crippen molar-refractivity contribution in [1.82, 2.24) is 23.5 Å². The van der Waals surface area contributed by atoms with Crippen LogP contribution in [0.3, 0.4) is 0 Å². The molecule has 7 rings (SSSR count). The van der Waals surface area contributed by atoms with Gasteiger partial charge in [0.15, 0.2) is 23.1 Å². The number of ether oxygens (including phenoxy) is 3. The fraction of sp³-hybridized carbons (Fsp3) is 0.294. The van der Waals surface area contributed by atoms with Crippen molar-refractivity contribution in [2.75, 3.05) is 21.3 Å². The molecular weight excluding hydrogens is 749 g/mol. The Bertz CT molecular complexity index is 2410. The number of hydrogen-bond donors (Lipinski definition) is 1. The van der Waals surface area contributed by atoms with E-state index in [1.165, 1.54) is 47.4 Å². The number of allylic oxidation sites excluding steroid dienone is 6. The lowest BCUT2D eigenvalue weighted by Crippen LogP contribution is -2.40. The number of phenols is 1. The number of aromatic hydroxyl groups is 1. The number of aryl methyl sites for hydroxylation is 2. The van der Waals surface area contributed by atoms with Gasteiger partial charge < -0.3 is 23.9 Å². The van der Waals surface area contributed by atoms with E-state index in [2.05, 4.69) is 4.98 Å². The number of carbonyl (C=O) groups is 2. The maximum absolute atomic E-state index is 14.1. The Balaban J connectivity index is 1.30. The normalized spacial score (nSPS) is 18.5. The number of aromatic nitrogens is 5. The Hall–Kier alpha value is -5.19. The molecule has 0 saturated heterocycles. The summed E-state index contributed by atoms with van der Waals surface area (Å²) >= 11 is 1.83. The number of ketones is 2. The van der Waals surface area contributed by atoms with Crippen LogP contribution >= 0.6 is 22.6 Å². The summed E-state index contributed by atoms with van der Waals surface area (Å²) in [6.07, 6.45) is 3.02. The topological polar surface area (TPSA) is 166 Å². The summed E-state index contributed by atoms with van der Waals surface area (Å²) in [5, 5.41) is 11.0. The molecule has 2 aliphatic carbocycles. The first-order valence-corrected chi connectivity index (χ1v) is 16.4. The molecule has 3 aliphatic rings. The predicted octanol–water partition coefficient (Wildman–Crippen LogP) is 2.47. The van der Waals surface area contributed by atoms with Gasteiger partial charge in [0.25, 0.3) is 5.56 Å². The summed E-state index contributed by atoms with van der Waals surface area (Å²) in [4.78, 5) is 72.7. The zero-order valence-electron chi connectivity index (χ0n) is 26.9. The number of hydrogen-bond acceptors (Lipinski definition) is 10. The minimum absolute atomic E-state index is 0.00341. The number of phenolic OH excluding ortho intramolecular Hbond substituents is 1. The third kappa shape index (κ3) is 4.97. The number of methoxy groups -OCH3 is 3. The fourth-order valence-electron chi connectivity index (χ4n) is 7.04. The molecule has 14 nitrogen and oxygen atoms in total. The Morgan fingerprint density at radius 2 is 1.71 bits per heavy atom. The Labute approximate surface area is 291 Å². The summed E-state index contributed by atoms with van der Waals surface area (Å²) < 4.78 is 21.5. The van der Waals surface area contributed by atoms with Gasteiger partial charge in [0, 0.05) is 67.3 Å². The second-order valence-electron chi connectivity index (χ2n) is 11.9. The first-order valence-electron chi connectivity index (χ1n) is 15.3. The third-order valence-electron chi connectivity index (χ3n) is 9.45. The predicted molar refractivity (Wildman–Crippen MR) is 185 cm³/mol. The first-order chi connectivity index (χ1) is 23.5. The SMILES string of the molecule is COc1ccc(O)c(C2C3=CCn4c(=O)n(CCc5nc6cc(OC)c(OC)cc6n(C)c5=O)c(=O)n4C3CC3=C2C(=O)C(I)=CC3=O)c1. The van der Waals surface area contributed by atoms with Crippen molar-refractivity contribution in [2.45, 2.75) is 37.9 Å². The summed E-state index contributed by atoms with van der Waals surface area (Å²) in [6.45, 7) is -0.135. The molecule has 3 heterocycles. The van der Waals surface area contributed by atoms with Crippen LogP contribution < -0.4 is 31.1 Å². The molecule has 2 unspecified atom stereocenters. The van der Waals surface area contributed by atoms with Gasteiger partial charge in [0.1, 0.15) is 17.2 Å². The van der Waals surface area contributed by atoms with Gasteiger partial charge in [-0.2, -0.15) is 0 Å². The number of halogens is 1. The van der Waals surface area contributed by atoms with E-state index in [0.717, 1.165) is 4.57 Å². The van der Waals surface area contributed by atoms with Crippen LogP contribution in [0.15, 0.2) is 77.2 Å². The van der Waals surface area contributed by atoms with Gasteiger partial charge in [0.2, 0.25) is 0 Å². The highest BCUT2D eigenvalue weighted by molar-refractivity contribution is 14.1. The van der Waals surface area contributed by atoms with Crippen molar-refractivity contribution in [3.05, 3.63) is 105 Å². The van der Waals surface area contributed by atoms with E-state index in [0.29, 0.717) is 39.4 Å². The average Bonchev–Trinajstić information content (AvgIpc) is 3.35. The number of fused-ring (bicyclic) bond motifs is 4. The Morgan fingerprint density at radius 3 is 2.43 bits per heavy atom. The number of nitrogens with zero attached hydrogens (tertiary/aromatic N) is 5. The molecular formula is C34H30IN5O9. The van der Waals surface area contributed by atoms with Crippen LogP contribution in [-0.2, 0) is 36.1 Å². The molecule has 0 amide bonds. The van der Waals surface area contributed by atoms with Crippen molar-refractivity contribution in [3.8, 4) is 23.0 Å². The van der Waals surface area contributed by atoms with E-state index in [-0.39, 0.29) is 63.7 Å². The van der Waals surface area contributed by atoms with Crippen molar-refractivity contribution in [1.29, 1.82) is 0 Å². The lowest BCUT2D eigenvalue weighted by molar-refractivity contribution is -0.115. The van der Waals surface area contributed by atoms with Crippen LogP contribution in [0, 0.1) is 0 Å². The lowest BCUT2D eigenvalue weighted by atomic mass is 9.68. The van der Waals surface area contributed by atoms with Crippen LogP contribution in [0.25, 0.3) is 11.0 Å². The number of rotatable bonds is 7. The quantitative estimate of drug-likeness (QED) is 0.167. The second kappa shape index (κ2) is 12.0. The molecule has 0 saturated carbocycles. The molecule has 4 aromatic rings. The smallest absolute Gasteiger partial charge is 0.347 e. The number of Topliss-reactive ketones (excluding diaryl/α,β-unsaturated/α-hetero) is 1. The van der Waals surface area contributed by atoms with E-state index in [4.69, 9.17) is 14.2 Å². The van der Waals surface area contributed by atoms with E-state index in [1.54, 1.807) is 37.4 Å². The van der Waals surface area contributed by atoms with E-state index in [1.807, 2.05) is 22.6 Å². The maximum atomic E-state index is 14.1. The van der Waals surface area contributed by atoms with Gasteiger partial charge in [-0.1, -0.05) is 6.08 Å². The van der Waals surface area contributed by atoms with Crippen molar-refractivity contribution in [3.63, 3.8) is 0 Å². The highest BCUT2D eigenvalue weighted by Crippen LogP contribution is 2.52. The Morgan fingerprint density at radius 1 is 0.980 bits per heavy atom. The molecule has 15 heteroatoms. The van der Waals surface area contributed by atoms with Crippen molar-refractivity contribution < 1.29 is 28.9 Å². The molecule has 0 spiro atoms. The lowest BCUT2D eigenvalue weighted by Gasteiger charge is -2.39. The van der Waals surface area contributed by atoms with Gasteiger partial charge in [-0.25, -0.2) is 28.5 Å². The monoisotopic (exact) mass is 779 g/mol. The minimum Gasteiger partial charge on any atom is -0.508 e. The molecule has 0 bridgehead atoms. The van der Waals surface area contributed by atoms with Crippen LogP contribution in [0.1, 0.15) is 29.6 Å². The van der Waals surface area contributed by atoms with Crippen molar-refractivity contribution >= 4 is 45.2 Å². The molecule has 2 aromatic heterocycles.